The van der Waals surface area contributed by atoms with Gasteiger partial charge in [0.1, 0.15) is 0 Å². The molecule has 1 N–H and O–H groups in total. The van der Waals surface area contributed by atoms with Crippen LogP contribution >= 0.6 is 11.3 Å². The lowest BCUT2D eigenvalue weighted by Crippen LogP contribution is -2.35. The van der Waals surface area contributed by atoms with Gasteiger partial charge in [0.25, 0.3) is 15.9 Å². The molecule has 1 heterocycles. The predicted octanol–water partition coefficient (Wildman–Crippen LogP) is 1.95. The average molecular weight is 340 g/mol. The van der Waals surface area contributed by atoms with Gasteiger partial charge in [0.15, 0.2) is 10.3 Å². The molecule has 1 amide bonds. The van der Waals surface area contributed by atoms with E-state index in [-0.39, 0.29) is 4.21 Å². The molecule has 0 saturated carbocycles. The number of sulfonamides is 1. The highest BCUT2D eigenvalue weighted by Gasteiger charge is 2.28. The van der Waals surface area contributed by atoms with Crippen molar-refractivity contribution in [3.63, 3.8) is 0 Å². The Labute approximate surface area is 133 Å². The maximum atomic E-state index is 12.3. The molecule has 0 spiro atoms. The van der Waals surface area contributed by atoms with Crippen molar-refractivity contribution in [2.75, 3.05) is 7.11 Å². The summed E-state index contributed by atoms with van der Waals surface area (Å²) in [4.78, 5) is 16.3. The Kier molecular flexibility index (Phi) is 4.94. The molecule has 0 fully saturated rings. The molecule has 0 aliphatic heterocycles. The zero-order chi connectivity index (χ0) is 16.3. The SMILES string of the molecule is COC(C(=O)NS(=O)(=O)c1sc(C)nc1C)c1ccccc1. The fourth-order valence-corrected chi connectivity index (χ4v) is 4.49. The molecule has 22 heavy (non-hydrogen) atoms. The fraction of sp³-hybridized carbons (Fsp3) is 0.286. The summed E-state index contributed by atoms with van der Waals surface area (Å²) in [7, 11) is -2.60. The van der Waals surface area contributed by atoms with E-state index in [1.165, 1.54) is 7.11 Å². The number of carbonyl (C=O) groups excluding carboxylic acids is 1. The van der Waals surface area contributed by atoms with Crippen molar-refractivity contribution in [3.05, 3.63) is 46.6 Å². The van der Waals surface area contributed by atoms with Gasteiger partial charge < -0.3 is 4.74 Å². The minimum atomic E-state index is -3.96. The molecule has 0 saturated heterocycles. The summed E-state index contributed by atoms with van der Waals surface area (Å²) in [6.07, 6.45) is -0.995. The highest BCUT2D eigenvalue weighted by atomic mass is 32.2. The lowest BCUT2D eigenvalue weighted by atomic mass is 10.1. The van der Waals surface area contributed by atoms with Crippen LogP contribution in [0.5, 0.6) is 0 Å². The molecule has 2 aromatic rings. The largest absolute Gasteiger partial charge is 0.367 e. The number of ether oxygens (including phenoxy) is 1. The van der Waals surface area contributed by atoms with Gasteiger partial charge in [-0.1, -0.05) is 30.3 Å². The van der Waals surface area contributed by atoms with E-state index >= 15 is 0 Å². The van der Waals surface area contributed by atoms with Crippen LogP contribution in [0.3, 0.4) is 0 Å². The molecule has 1 aromatic heterocycles. The summed E-state index contributed by atoms with van der Waals surface area (Å²) in [5, 5.41) is 0.622. The molecule has 6 nitrogen and oxygen atoms in total. The molecular formula is C14H16N2O4S2. The van der Waals surface area contributed by atoms with Crippen LogP contribution in [0, 0.1) is 13.8 Å². The van der Waals surface area contributed by atoms with Crippen LogP contribution in [-0.2, 0) is 19.6 Å². The van der Waals surface area contributed by atoms with Gasteiger partial charge in [-0.05, 0) is 19.4 Å². The zero-order valence-corrected chi connectivity index (χ0v) is 14.0. The fourth-order valence-electron chi connectivity index (χ4n) is 2.02. The lowest BCUT2D eigenvalue weighted by Gasteiger charge is -2.15. The van der Waals surface area contributed by atoms with Gasteiger partial charge in [0.05, 0.1) is 10.7 Å². The van der Waals surface area contributed by atoms with Crippen LogP contribution < -0.4 is 4.72 Å². The van der Waals surface area contributed by atoms with E-state index < -0.39 is 22.0 Å². The number of nitrogens with zero attached hydrogens (tertiary/aromatic N) is 1. The highest BCUT2D eigenvalue weighted by Crippen LogP contribution is 2.24. The van der Waals surface area contributed by atoms with Crippen LogP contribution in [0.25, 0.3) is 0 Å². The van der Waals surface area contributed by atoms with Crippen molar-refractivity contribution in [1.82, 2.24) is 9.71 Å². The summed E-state index contributed by atoms with van der Waals surface area (Å²) in [6, 6.07) is 8.69. The van der Waals surface area contributed by atoms with Gasteiger partial charge >= 0.3 is 0 Å². The monoisotopic (exact) mass is 340 g/mol. The molecule has 118 valence electrons. The molecular weight excluding hydrogens is 324 g/mol. The molecule has 0 aliphatic carbocycles. The first-order chi connectivity index (χ1) is 10.3. The van der Waals surface area contributed by atoms with E-state index in [9.17, 15) is 13.2 Å². The van der Waals surface area contributed by atoms with Crippen LogP contribution in [0.1, 0.15) is 22.4 Å². The summed E-state index contributed by atoms with van der Waals surface area (Å²) in [5.41, 5.74) is 0.950. The van der Waals surface area contributed by atoms with Crippen LogP contribution in [-0.4, -0.2) is 26.4 Å². The number of aryl methyl sites for hydroxylation is 2. The van der Waals surface area contributed by atoms with Gasteiger partial charge in [-0.25, -0.2) is 18.1 Å². The van der Waals surface area contributed by atoms with Gasteiger partial charge in [-0.2, -0.15) is 0 Å². The molecule has 1 unspecified atom stereocenters. The molecule has 8 heteroatoms. The number of hydrogen-bond acceptors (Lipinski definition) is 6. The third-order valence-electron chi connectivity index (χ3n) is 2.92. The minimum Gasteiger partial charge on any atom is -0.367 e. The van der Waals surface area contributed by atoms with Gasteiger partial charge in [0, 0.05) is 7.11 Å². The minimum absolute atomic E-state index is 0.0428. The van der Waals surface area contributed by atoms with Gasteiger partial charge in [-0.15, -0.1) is 11.3 Å². The molecule has 1 aromatic carbocycles. The second-order valence-corrected chi connectivity index (χ2v) is 7.68. The lowest BCUT2D eigenvalue weighted by molar-refractivity contribution is -0.129. The zero-order valence-electron chi connectivity index (χ0n) is 12.4. The molecule has 1 atom stereocenters. The number of aromatic nitrogens is 1. The van der Waals surface area contributed by atoms with Crippen LogP contribution in [0.15, 0.2) is 34.5 Å². The summed E-state index contributed by atoms with van der Waals surface area (Å²) >= 11 is 1.02. The highest BCUT2D eigenvalue weighted by molar-refractivity contribution is 7.92. The van der Waals surface area contributed by atoms with Crippen LogP contribution in [0.2, 0.25) is 0 Å². The number of carbonyl (C=O) groups is 1. The third-order valence-corrected chi connectivity index (χ3v) is 5.95. The molecule has 0 radical (unpaired) electrons. The first kappa shape index (κ1) is 16.6. The Balaban J connectivity index is 2.25. The van der Waals surface area contributed by atoms with Crippen molar-refractivity contribution in [3.8, 4) is 0 Å². The van der Waals surface area contributed by atoms with Gasteiger partial charge in [0.2, 0.25) is 0 Å². The molecule has 0 bridgehead atoms. The number of amides is 1. The van der Waals surface area contributed by atoms with E-state index in [4.69, 9.17) is 4.74 Å². The van der Waals surface area contributed by atoms with Gasteiger partial charge in [-0.3, -0.25) is 4.79 Å². The Hall–Kier alpha value is -1.77. The average Bonchev–Trinajstić information content (AvgIpc) is 2.80. The summed E-state index contributed by atoms with van der Waals surface area (Å²) in [6.45, 7) is 3.30. The first-order valence-corrected chi connectivity index (χ1v) is 8.73. The van der Waals surface area contributed by atoms with Crippen molar-refractivity contribution in [2.45, 2.75) is 24.2 Å². The van der Waals surface area contributed by atoms with Crippen LogP contribution in [0.4, 0.5) is 0 Å². The van der Waals surface area contributed by atoms with E-state index in [0.29, 0.717) is 16.3 Å². The normalized spacial score (nSPS) is 12.9. The van der Waals surface area contributed by atoms with E-state index in [1.54, 1.807) is 44.2 Å². The van der Waals surface area contributed by atoms with Crippen molar-refractivity contribution in [2.24, 2.45) is 0 Å². The Bertz CT molecular complexity index is 769. The second kappa shape index (κ2) is 6.55. The Morgan fingerprint density at radius 2 is 1.91 bits per heavy atom. The van der Waals surface area contributed by atoms with E-state index in [1.807, 2.05) is 0 Å². The number of nitrogens with one attached hydrogen (secondary N) is 1. The maximum Gasteiger partial charge on any atom is 0.275 e. The van der Waals surface area contributed by atoms with E-state index in [2.05, 4.69) is 9.71 Å². The number of hydrogen-bond donors (Lipinski definition) is 1. The Morgan fingerprint density at radius 3 is 2.41 bits per heavy atom. The topological polar surface area (TPSA) is 85.4 Å². The number of thiazole rings is 1. The standard InChI is InChI=1S/C14H16N2O4S2/c1-9-14(21-10(2)15-9)22(18,19)16-13(17)12(20-3)11-7-5-4-6-8-11/h4-8,12H,1-3H3,(H,16,17). The Morgan fingerprint density at radius 1 is 1.27 bits per heavy atom. The summed E-state index contributed by atoms with van der Waals surface area (Å²) in [5.74, 6) is -0.737. The van der Waals surface area contributed by atoms with Crippen molar-refractivity contribution >= 4 is 27.3 Å². The van der Waals surface area contributed by atoms with Crippen molar-refractivity contribution in [1.29, 1.82) is 0 Å². The molecule has 2 rings (SSSR count). The third kappa shape index (κ3) is 3.52. The predicted molar refractivity (Wildman–Crippen MR) is 83.1 cm³/mol. The smallest absolute Gasteiger partial charge is 0.275 e. The first-order valence-electron chi connectivity index (χ1n) is 6.43. The maximum absolute atomic E-state index is 12.3. The number of rotatable bonds is 5. The number of benzene rings is 1. The van der Waals surface area contributed by atoms with E-state index in [0.717, 1.165) is 11.3 Å². The molecule has 0 aliphatic rings. The van der Waals surface area contributed by atoms with Crippen molar-refractivity contribution < 1.29 is 17.9 Å². The number of methoxy groups -OCH3 is 1. The second-order valence-electron chi connectivity index (χ2n) is 4.60. The summed E-state index contributed by atoms with van der Waals surface area (Å²) < 4.78 is 31.8. The quantitative estimate of drug-likeness (QED) is 0.899.